The summed E-state index contributed by atoms with van der Waals surface area (Å²) in [6.07, 6.45) is 2.47. The number of furan rings is 1. The molecule has 1 saturated heterocycles. The summed E-state index contributed by atoms with van der Waals surface area (Å²) in [5, 5.41) is 1.26. The third-order valence-electron chi connectivity index (χ3n) is 4.05. The molecule has 2 heterocycles. The summed E-state index contributed by atoms with van der Waals surface area (Å²) >= 11 is 0. The Kier molecular flexibility index (Phi) is 3.58. The second-order valence-electron chi connectivity index (χ2n) is 5.24. The minimum atomic E-state index is 0.392. The fourth-order valence-electron chi connectivity index (χ4n) is 2.97. The molecule has 0 amide bonds. The highest BCUT2D eigenvalue weighted by molar-refractivity contribution is 5.82. The Hall–Kier alpha value is -1.32. The second-order valence-corrected chi connectivity index (χ2v) is 5.24. The van der Waals surface area contributed by atoms with Crippen molar-refractivity contribution in [2.24, 2.45) is 0 Å². The van der Waals surface area contributed by atoms with Gasteiger partial charge in [0.15, 0.2) is 0 Å². The number of benzene rings is 1. The number of ether oxygens (including phenoxy) is 1. The van der Waals surface area contributed by atoms with Crippen LogP contribution in [0.3, 0.4) is 0 Å². The van der Waals surface area contributed by atoms with E-state index in [0.29, 0.717) is 6.10 Å². The van der Waals surface area contributed by atoms with E-state index in [1.807, 2.05) is 6.07 Å². The van der Waals surface area contributed by atoms with E-state index in [1.165, 1.54) is 10.9 Å². The van der Waals surface area contributed by atoms with Gasteiger partial charge in [-0.25, -0.2) is 0 Å². The van der Waals surface area contributed by atoms with E-state index in [0.717, 1.165) is 43.8 Å². The molecule has 1 aliphatic heterocycles. The molecule has 1 unspecified atom stereocenters. The standard InChI is InChI=1S/C16H21NO2/c1-3-15-14(11-17-9-8-12(10-17)18-2)13-6-4-5-7-16(13)19-15/h4-7,12H,3,8-11H2,1-2H3. The molecule has 102 valence electrons. The second kappa shape index (κ2) is 5.35. The first-order chi connectivity index (χ1) is 9.31. The maximum Gasteiger partial charge on any atom is 0.134 e. The van der Waals surface area contributed by atoms with Gasteiger partial charge in [0.05, 0.1) is 6.10 Å². The summed E-state index contributed by atoms with van der Waals surface area (Å²) in [5.41, 5.74) is 2.37. The maximum absolute atomic E-state index is 5.95. The van der Waals surface area contributed by atoms with E-state index >= 15 is 0 Å². The zero-order valence-corrected chi connectivity index (χ0v) is 11.7. The van der Waals surface area contributed by atoms with Gasteiger partial charge >= 0.3 is 0 Å². The number of para-hydroxylation sites is 1. The molecule has 0 spiro atoms. The quantitative estimate of drug-likeness (QED) is 0.843. The molecule has 0 radical (unpaired) electrons. The zero-order chi connectivity index (χ0) is 13.2. The van der Waals surface area contributed by atoms with Crippen LogP contribution < -0.4 is 0 Å². The maximum atomic E-state index is 5.95. The van der Waals surface area contributed by atoms with E-state index in [-0.39, 0.29) is 0 Å². The topological polar surface area (TPSA) is 25.6 Å². The molecular weight excluding hydrogens is 238 g/mol. The molecule has 0 bridgehead atoms. The fourth-order valence-corrected chi connectivity index (χ4v) is 2.97. The predicted octanol–water partition coefficient (Wildman–Crippen LogP) is 3.22. The first-order valence-corrected chi connectivity index (χ1v) is 7.06. The van der Waals surface area contributed by atoms with Crippen LogP contribution >= 0.6 is 0 Å². The molecule has 0 N–H and O–H groups in total. The van der Waals surface area contributed by atoms with Crippen LogP contribution in [-0.2, 0) is 17.7 Å². The molecule has 3 nitrogen and oxygen atoms in total. The van der Waals surface area contributed by atoms with E-state index in [9.17, 15) is 0 Å². The van der Waals surface area contributed by atoms with Crippen molar-refractivity contribution in [2.45, 2.75) is 32.4 Å². The van der Waals surface area contributed by atoms with Crippen molar-refractivity contribution in [3.05, 3.63) is 35.6 Å². The smallest absolute Gasteiger partial charge is 0.134 e. The molecule has 1 aliphatic rings. The number of aryl methyl sites for hydroxylation is 1. The first kappa shape index (κ1) is 12.7. The Balaban J connectivity index is 1.87. The van der Waals surface area contributed by atoms with Gasteiger partial charge in [0.1, 0.15) is 11.3 Å². The number of fused-ring (bicyclic) bond motifs is 1. The van der Waals surface area contributed by atoms with Crippen LogP contribution in [0.5, 0.6) is 0 Å². The molecule has 1 fully saturated rings. The molecule has 1 atom stereocenters. The molecule has 3 rings (SSSR count). The van der Waals surface area contributed by atoms with Crippen LogP contribution in [0.25, 0.3) is 11.0 Å². The Bertz CT molecular complexity index is 561. The molecule has 19 heavy (non-hydrogen) atoms. The van der Waals surface area contributed by atoms with Crippen molar-refractivity contribution in [1.29, 1.82) is 0 Å². The minimum Gasteiger partial charge on any atom is -0.461 e. The average molecular weight is 259 g/mol. The van der Waals surface area contributed by atoms with Gasteiger partial charge in [-0.15, -0.1) is 0 Å². The lowest BCUT2D eigenvalue weighted by Gasteiger charge is -2.15. The Morgan fingerprint density at radius 1 is 1.37 bits per heavy atom. The molecular formula is C16H21NO2. The Morgan fingerprint density at radius 2 is 2.21 bits per heavy atom. The van der Waals surface area contributed by atoms with Crippen molar-refractivity contribution in [1.82, 2.24) is 4.90 Å². The lowest BCUT2D eigenvalue weighted by atomic mass is 10.1. The van der Waals surface area contributed by atoms with E-state index < -0.39 is 0 Å². The Morgan fingerprint density at radius 3 is 2.95 bits per heavy atom. The van der Waals surface area contributed by atoms with Gasteiger partial charge in [-0.1, -0.05) is 25.1 Å². The minimum absolute atomic E-state index is 0.392. The highest BCUT2D eigenvalue weighted by Crippen LogP contribution is 2.28. The van der Waals surface area contributed by atoms with Gasteiger partial charge in [-0.2, -0.15) is 0 Å². The number of nitrogens with zero attached hydrogens (tertiary/aromatic N) is 1. The lowest BCUT2D eigenvalue weighted by molar-refractivity contribution is 0.107. The number of methoxy groups -OCH3 is 1. The van der Waals surface area contributed by atoms with Gasteiger partial charge in [-0.05, 0) is 12.5 Å². The van der Waals surface area contributed by atoms with Gasteiger partial charge in [0.25, 0.3) is 0 Å². The molecule has 1 aromatic carbocycles. The first-order valence-electron chi connectivity index (χ1n) is 7.06. The van der Waals surface area contributed by atoms with Crippen molar-refractivity contribution in [3.63, 3.8) is 0 Å². The van der Waals surface area contributed by atoms with E-state index in [1.54, 1.807) is 7.11 Å². The van der Waals surface area contributed by atoms with Crippen LogP contribution in [0, 0.1) is 0 Å². The monoisotopic (exact) mass is 259 g/mol. The predicted molar refractivity (Wildman–Crippen MR) is 76.3 cm³/mol. The van der Waals surface area contributed by atoms with Gasteiger partial charge < -0.3 is 9.15 Å². The summed E-state index contributed by atoms with van der Waals surface area (Å²) in [7, 11) is 1.80. The molecule has 3 heteroatoms. The average Bonchev–Trinajstić information content (AvgIpc) is 3.04. The SMILES string of the molecule is CCc1oc2ccccc2c1CN1CCC(OC)C1. The molecule has 2 aromatic rings. The van der Waals surface area contributed by atoms with Gasteiger partial charge in [0, 0.05) is 44.1 Å². The zero-order valence-electron chi connectivity index (χ0n) is 11.7. The van der Waals surface area contributed by atoms with Gasteiger partial charge in [0.2, 0.25) is 0 Å². The largest absolute Gasteiger partial charge is 0.461 e. The third-order valence-corrected chi connectivity index (χ3v) is 4.05. The number of rotatable bonds is 4. The number of hydrogen-bond donors (Lipinski definition) is 0. The van der Waals surface area contributed by atoms with Gasteiger partial charge in [-0.3, -0.25) is 4.90 Å². The third kappa shape index (κ3) is 2.40. The van der Waals surface area contributed by atoms with E-state index in [2.05, 4.69) is 30.0 Å². The van der Waals surface area contributed by atoms with Crippen molar-refractivity contribution >= 4 is 11.0 Å². The van der Waals surface area contributed by atoms with Crippen LogP contribution in [0.4, 0.5) is 0 Å². The number of likely N-dealkylation sites (tertiary alicyclic amines) is 1. The van der Waals surface area contributed by atoms with Crippen LogP contribution in [-0.4, -0.2) is 31.2 Å². The summed E-state index contributed by atoms with van der Waals surface area (Å²) < 4.78 is 11.4. The summed E-state index contributed by atoms with van der Waals surface area (Å²) in [6.45, 7) is 5.27. The van der Waals surface area contributed by atoms with Crippen LogP contribution in [0.2, 0.25) is 0 Å². The summed E-state index contributed by atoms with van der Waals surface area (Å²) in [5.74, 6) is 1.13. The molecule has 0 saturated carbocycles. The normalized spacial score (nSPS) is 20.4. The van der Waals surface area contributed by atoms with Crippen molar-refractivity contribution in [3.8, 4) is 0 Å². The van der Waals surface area contributed by atoms with Crippen molar-refractivity contribution < 1.29 is 9.15 Å². The lowest BCUT2D eigenvalue weighted by Crippen LogP contribution is -2.22. The highest BCUT2D eigenvalue weighted by Gasteiger charge is 2.24. The van der Waals surface area contributed by atoms with Crippen molar-refractivity contribution in [2.75, 3.05) is 20.2 Å². The number of hydrogen-bond acceptors (Lipinski definition) is 3. The Labute approximate surface area is 114 Å². The summed E-state index contributed by atoms with van der Waals surface area (Å²) in [4.78, 5) is 2.46. The fraction of sp³-hybridized carbons (Fsp3) is 0.500. The summed E-state index contributed by atoms with van der Waals surface area (Å²) in [6, 6.07) is 8.34. The molecule has 1 aromatic heterocycles. The molecule has 0 aliphatic carbocycles. The van der Waals surface area contributed by atoms with Crippen LogP contribution in [0.15, 0.2) is 28.7 Å². The highest BCUT2D eigenvalue weighted by atomic mass is 16.5. The van der Waals surface area contributed by atoms with E-state index in [4.69, 9.17) is 9.15 Å². The van der Waals surface area contributed by atoms with Crippen LogP contribution in [0.1, 0.15) is 24.7 Å².